The number of hydrogen-bond acceptors (Lipinski definition) is 3. The maximum absolute atomic E-state index is 11.1. The summed E-state index contributed by atoms with van der Waals surface area (Å²) in [6.07, 6.45) is 2.35. The van der Waals surface area contributed by atoms with Gasteiger partial charge in [-0.3, -0.25) is 4.99 Å². The fourth-order valence-electron chi connectivity index (χ4n) is 1.43. The average molecular weight is 204 g/mol. The van der Waals surface area contributed by atoms with Gasteiger partial charge < -0.3 is 5.73 Å². The summed E-state index contributed by atoms with van der Waals surface area (Å²) in [5.74, 6) is 1.03. The summed E-state index contributed by atoms with van der Waals surface area (Å²) in [5, 5.41) is 0. The summed E-state index contributed by atoms with van der Waals surface area (Å²) < 4.78 is 22.1. The Morgan fingerprint density at radius 2 is 2.31 bits per heavy atom. The van der Waals surface area contributed by atoms with E-state index in [1.807, 2.05) is 6.92 Å². The number of nitrogens with two attached hydrogens (primary N) is 1. The van der Waals surface area contributed by atoms with Crippen LogP contribution in [0.3, 0.4) is 0 Å². The van der Waals surface area contributed by atoms with Crippen molar-refractivity contribution in [2.45, 2.75) is 32.2 Å². The molecule has 1 atom stereocenters. The summed E-state index contributed by atoms with van der Waals surface area (Å²) in [6, 6.07) is -0.0865. The van der Waals surface area contributed by atoms with Gasteiger partial charge >= 0.3 is 0 Å². The molecule has 1 heterocycles. The molecule has 1 fully saturated rings. The van der Waals surface area contributed by atoms with Gasteiger partial charge in [-0.05, 0) is 12.8 Å². The third-order valence-corrected chi connectivity index (χ3v) is 3.81. The minimum Gasteiger partial charge on any atom is -0.387 e. The van der Waals surface area contributed by atoms with Crippen LogP contribution in [0, 0.1) is 0 Å². The topological polar surface area (TPSA) is 72.5 Å². The molecule has 1 aliphatic rings. The number of nitrogens with zero attached hydrogens (tertiary/aromatic N) is 1. The number of rotatable bonds is 3. The highest BCUT2D eigenvalue weighted by Gasteiger charge is 2.27. The van der Waals surface area contributed by atoms with E-state index in [9.17, 15) is 8.42 Å². The van der Waals surface area contributed by atoms with Crippen LogP contribution in [0.1, 0.15) is 26.2 Å². The predicted molar refractivity (Wildman–Crippen MR) is 53.6 cm³/mol. The summed E-state index contributed by atoms with van der Waals surface area (Å²) >= 11 is 0. The molecule has 0 aliphatic carbocycles. The Bertz CT molecular complexity index is 295. The first-order valence-corrected chi connectivity index (χ1v) is 6.38. The van der Waals surface area contributed by atoms with Gasteiger partial charge in [0.25, 0.3) is 0 Å². The SMILES string of the molecule is CCCC(N)=NC1CCS(=O)(=O)C1. The summed E-state index contributed by atoms with van der Waals surface area (Å²) in [7, 11) is -2.82. The molecule has 76 valence electrons. The Labute approximate surface area is 79.1 Å². The standard InChI is InChI=1S/C8H16N2O2S/c1-2-3-8(9)10-7-4-5-13(11,12)6-7/h7H,2-6H2,1H3,(H2,9,10). The molecule has 2 N–H and O–H groups in total. The molecule has 0 spiro atoms. The predicted octanol–water partition coefficient (Wildman–Crippen LogP) is 0.331. The van der Waals surface area contributed by atoms with E-state index in [4.69, 9.17) is 5.73 Å². The second-order valence-corrected chi connectivity index (χ2v) is 5.66. The zero-order valence-corrected chi connectivity index (χ0v) is 8.68. The fourth-order valence-corrected chi connectivity index (χ4v) is 3.06. The highest BCUT2D eigenvalue weighted by atomic mass is 32.2. The van der Waals surface area contributed by atoms with Gasteiger partial charge in [0.1, 0.15) is 0 Å². The quantitative estimate of drug-likeness (QED) is 0.532. The van der Waals surface area contributed by atoms with Crippen molar-refractivity contribution < 1.29 is 8.42 Å². The molecule has 0 bridgehead atoms. The molecule has 0 aromatic rings. The molecule has 0 radical (unpaired) electrons. The molecule has 1 saturated heterocycles. The molecule has 0 saturated carbocycles. The van der Waals surface area contributed by atoms with Crippen molar-refractivity contribution in [3.05, 3.63) is 0 Å². The van der Waals surface area contributed by atoms with E-state index in [2.05, 4.69) is 4.99 Å². The van der Waals surface area contributed by atoms with Crippen LogP contribution >= 0.6 is 0 Å². The lowest BCUT2D eigenvalue weighted by Crippen LogP contribution is -2.17. The molecule has 0 aromatic heterocycles. The lowest BCUT2D eigenvalue weighted by Gasteiger charge is -2.02. The van der Waals surface area contributed by atoms with Gasteiger partial charge in [-0.1, -0.05) is 6.92 Å². The van der Waals surface area contributed by atoms with E-state index in [1.54, 1.807) is 0 Å². The highest BCUT2D eigenvalue weighted by Crippen LogP contribution is 2.14. The first kappa shape index (κ1) is 10.5. The summed E-state index contributed by atoms with van der Waals surface area (Å²) in [5.41, 5.74) is 5.61. The van der Waals surface area contributed by atoms with E-state index in [0.717, 1.165) is 12.8 Å². The normalized spacial score (nSPS) is 27.8. The maximum atomic E-state index is 11.1. The Morgan fingerprint density at radius 1 is 1.62 bits per heavy atom. The molecule has 5 heteroatoms. The van der Waals surface area contributed by atoms with Crippen LogP contribution < -0.4 is 5.73 Å². The number of hydrogen-bond donors (Lipinski definition) is 1. The van der Waals surface area contributed by atoms with Gasteiger partial charge in [-0.2, -0.15) is 0 Å². The zero-order valence-electron chi connectivity index (χ0n) is 7.86. The van der Waals surface area contributed by atoms with Crippen molar-refractivity contribution >= 4 is 15.7 Å². The lowest BCUT2D eigenvalue weighted by molar-refractivity contribution is 0.601. The van der Waals surface area contributed by atoms with E-state index >= 15 is 0 Å². The Hall–Kier alpha value is -0.580. The molecular formula is C8H16N2O2S. The van der Waals surface area contributed by atoms with Crippen molar-refractivity contribution in [2.24, 2.45) is 10.7 Å². The van der Waals surface area contributed by atoms with E-state index in [0.29, 0.717) is 12.3 Å². The van der Waals surface area contributed by atoms with Gasteiger partial charge in [-0.15, -0.1) is 0 Å². The molecule has 1 unspecified atom stereocenters. The lowest BCUT2D eigenvalue weighted by atomic mass is 10.2. The number of aliphatic imine (C=N–C) groups is 1. The van der Waals surface area contributed by atoms with Crippen LogP contribution in [0.2, 0.25) is 0 Å². The third kappa shape index (κ3) is 3.34. The summed E-state index contributed by atoms with van der Waals surface area (Å²) in [6.45, 7) is 2.02. The molecule has 1 aliphatic heterocycles. The van der Waals surface area contributed by atoms with Crippen LogP contribution in [-0.4, -0.2) is 31.8 Å². The van der Waals surface area contributed by atoms with E-state index < -0.39 is 9.84 Å². The van der Waals surface area contributed by atoms with Crippen LogP contribution in [0.4, 0.5) is 0 Å². The number of amidine groups is 1. The van der Waals surface area contributed by atoms with E-state index in [1.165, 1.54) is 0 Å². The number of sulfone groups is 1. The van der Waals surface area contributed by atoms with Crippen LogP contribution in [0.25, 0.3) is 0 Å². The highest BCUT2D eigenvalue weighted by molar-refractivity contribution is 7.91. The van der Waals surface area contributed by atoms with Gasteiger partial charge in [0, 0.05) is 6.42 Å². The van der Waals surface area contributed by atoms with Gasteiger partial charge in [0.2, 0.25) is 0 Å². The first-order chi connectivity index (χ1) is 6.03. The van der Waals surface area contributed by atoms with Gasteiger partial charge in [0.15, 0.2) is 9.84 Å². The van der Waals surface area contributed by atoms with Crippen LogP contribution in [-0.2, 0) is 9.84 Å². The molecule has 0 aromatic carbocycles. The smallest absolute Gasteiger partial charge is 0.152 e. The first-order valence-electron chi connectivity index (χ1n) is 4.56. The van der Waals surface area contributed by atoms with Crippen molar-refractivity contribution in [3.63, 3.8) is 0 Å². The summed E-state index contributed by atoms with van der Waals surface area (Å²) in [4.78, 5) is 4.18. The Balaban J connectivity index is 2.53. The van der Waals surface area contributed by atoms with Crippen LogP contribution in [0.15, 0.2) is 4.99 Å². The minimum atomic E-state index is -2.82. The van der Waals surface area contributed by atoms with Gasteiger partial charge in [0.05, 0.1) is 23.4 Å². The van der Waals surface area contributed by atoms with Crippen molar-refractivity contribution in [2.75, 3.05) is 11.5 Å². The zero-order chi connectivity index (χ0) is 9.90. The third-order valence-electron chi connectivity index (χ3n) is 2.06. The second-order valence-electron chi connectivity index (χ2n) is 3.43. The average Bonchev–Trinajstić information content (AvgIpc) is 2.30. The molecular weight excluding hydrogens is 188 g/mol. The molecule has 0 amide bonds. The van der Waals surface area contributed by atoms with E-state index in [-0.39, 0.29) is 17.5 Å². The molecule has 1 rings (SSSR count). The minimum absolute atomic E-state index is 0.0865. The Morgan fingerprint density at radius 3 is 2.77 bits per heavy atom. The monoisotopic (exact) mass is 204 g/mol. The van der Waals surface area contributed by atoms with Gasteiger partial charge in [-0.25, -0.2) is 8.42 Å². The molecule has 13 heavy (non-hydrogen) atoms. The van der Waals surface area contributed by atoms with Crippen molar-refractivity contribution in [1.29, 1.82) is 0 Å². The fraction of sp³-hybridized carbons (Fsp3) is 0.875. The van der Waals surface area contributed by atoms with Crippen LogP contribution in [0.5, 0.6) is 0 Å². The molecule has 4 nitrogen and oxygen atoms in total. The maximum Gasteiger partial charge on any atom is 0.152 e. The Kier molecular flexibility index (Phi) is 3.30. The van der Waals surface area contributed by atoms with Crippen molar-refractivity contribution in [3.8, 4) is 0 Å². The second kappa shape index (κ2) is 4.09. The largest absolute Gasteiger partial charge is 0.387 e. The van der Waals surface area contributed by atoms with Crippen molar-refractivity contribution in [1.82, 2.24) is 0 Å².